The summed E-state index contributed by atoms with van der Waals surface area (Å²) in [4.78, 5) is 5.82. The Bertz CT molecular complexity index is 774. The van der Waals surface area contributed by atoms with Crippen LogP contribution in [0.3, 0.4) is 0 Å². The van der Waals surface area contributed by atoms with Crippen molar-refractivity contribution < 1.29 is 4.52 Å². The first kappa shape index (κ1) is 12.5. The molecule has 0 radical (unpaired) electrons. The van der Waals surface area contributed by atoms with E-state index in [0.717, 1.165) is 12.0 Å². The van der Waals surface area contributed by atoms with Gasteiger partial charge in [0, 0.05) is 16.1 Å². The molecule has 1 aliphatic heterocycles. The molecule has 2 heterocycles. The number of nitrogens with zero attached hydrogens (tertiary/aromatic N) is 2. The molecule has 1 atom stereocenters. The van der Waals surface area contributed by atoms with Crippen molar-refractivity contribution in [1.82, 2.24) is 10.1 Å². The third-order valence-corrected chi connectivity index (χ3v) is 4.87. The molecule has 0 fully saturated rings. The van der Waals surface area contributed by atoms with Crippen molar-refractivity contribution >= 4 is 17.4 Å². The molecule has 0 spiro atoms. The molecule has 4 nitrogen and oxygen atoms in total. The van der Waals surface area contributed by atoms with Crippen LogP contribution in [0.2, 0.25) is 0 Å². The zero-order chi connectivity index (χ0) is 14.2. The number of anilines is 1. The van der Waals surface area contributed by atoms with Gasteiger partial charge in [-0.25, -0.2) is 0 Å². The molecule has 5 heteroatoms. The highest BCUT2D eigenvalue weighted by Gasteiger charge is 2.28. The average Bonchev–Trinajstić information content (AvgIpc) is 3.14. The van der Waals surface area contributed by atoms with Crippen LogP contribution in [0.25, 0.3) is 11.4 Å². The fourth-order valence-electron chi connectivity index (χ4n) is 2.50. The lowest BCUT2D eigenvalue weighted by Crippen LogP contribution is -1.94. The fourth-order valence-corrected chi connectivity index (χ4v) is 3.72. The molecule has 2 aromatic carbocycles. The lowest BCUT2D eigenvalue weighted by Gasteiger charge is -2.00. The molecule has 1 aromatic heterocycles. The minimum Gasteiger partial charge on any atom is -0.398 e. The molecule has 1 unspecified atom stereocenters. The van der Waals surface area contributed by atoms with E-state index in [2.05, 4.69) is 34.4 Å². The zero-order valence-corrected chi connectivity index (χ0v) is 12.0. The lowest BCUT2D eigenvalue weighted by atomic mass is 10.1. The standard InChI is InChI=1S/C16H13N3OS/c17-12-7-3-2-6-11(12)15-18-16(20-19-15)14-9-10-5-1-4-8-13(10)21-14/h1-8,14H,9,17H2. The van der Waals surface area contributed by atoms with Crippen LogP contribution in [0.4, 0.5) is 5.69 Å². The number of nitrogen functional groups attached to an aromatic ring is 1. The molecular formula is C16H13N3OS. The van der Waals surface area contributed by atoms with E-state index in [1.807, 2.05) is 24.3 Å². The van der Waals surface area contributed by atoms with E-state index in [1.54, 1.807) is 11.8 Å². The first-order valence-corrected chi connectivity index (χ1v) is 7.62. The van der Waals surface area contributed by atoms with Crippen molar-refractivity contribution in [3.8, 4) is 11.4 Å². The summed E-state index contributed by atoms with van der Waals surface area (Å²) in [5.41, 5.74) is 8.77. The Morgan fingerprint density at radius 3 is 2.76 bits per heavy atom. The van der Waals surface area contributed by atoms with Crippen LogP contribution in [0, 0.1) is 0 Å². The Hall–Kier alpha value is -2.27. The Labute approximate surface area is 126 Å². The van der Waals surface area contributed by atoms with Gasteiger partial charge >= 0.3 is 0 Å². The van der Waals surface area contributed by atoms with Crippen LogP contribution >= 0.6 is 11.8 Å². The summed E-state index contributed by atoms with van der Waals surface area (Å²) in [5.74, 6) is 1.22. The van der Waals surface area contributed by atoms with Crippen molar-refractivity contribution in [2.45, 2.75) is 16.6 Å². The summed E-state index contributed by atoms with van der Waals surface area (Å²) < 4.78 is 5.45. The van der Waals surface area contributed by atoms with Crippen LogP contribution in [-0.2, 0) is 6.42 Å². The number of nitrogens with two attached hydrogens (primary N) is 1. The second-order valence-electron chi connectivity index (χ2n) is 4.96. The van der Waals surface area contributed by atoms with Gasteiger partial charge < -0.3 is 10.3 Å². The smallest absolute Gasteiger partial charge is 0.240 e. The third kappa shape index (κ3) is 2.19. The van der Waals surface area contributed by atoms with Gasteiger partial charge in [-0.2, -0.15) is 4.98 Å². The van der Waals surface area contributed by atoms with Crippen molar-refractivity contribution in [3.63, 3.8) is 0 Å². The molecule has 0 bridgehead atoms. The van der Waals surface area contributed by atoms with E-state index >= 15 is 0 Å². The number of para-hydroxylation sites is 1. The largest absolute Gasteiger partial charge is 0.398 e. The van der Waals surface area contributed by atoms with Gasteiger partial charge in [0.2, 0.25) is 11.7 Å². The SMILES string of the molecule is Nc1ccccc1-c1noc(C2Cc3ccccc3S2)n1. The minimum atomic E-state index is 0.189. The number of fused-ring (bicyclic) bond motifs is 1. The molecule has 0 saturated heterocycles. The summed E-state index contributed by atoms with van der Waals surface area (Å²) in [6, 6.07) is 15.9. The van der Waals surface area contributed by atoms with Crippen molar-refractivity contribution in [2.75, 3.05) is 5.73 Å². The van der Waals surface area contributed by atoms with Gasteiger partial charge in [0.15, 0.2) is 0 Å². The Kier molecular flexibility index (Phi) is 2.93. The highest BCUT2D eigenvalue weighted by Crippen LogP contribution is 2.45. The van der Waals surface area contributed by atoms with Crippen LogP contribution in [-0.4, -0.2) is 10.1 Å². The van der Waals surface area contributed by atoms with Crippen LogP contribution in [0.5, 0.6) is 0 Å². The van der Waals surface area contributed by atoms with Gasteiger partial charge in [0.1, 0.15) is 0 Å². The summed E-state index contributed by atoms with van der Waals surface area (Å²) in [7, 11) is 0. The molecule has 0 aliphatic carbocycles. The van der Waals surface area contributed by atoms with E-state index in [4.69, 9.17) is 10.3 Å². The predicted molar refractivity (Wildman–Crippen MR) is 82.9 cm³/mol. The Morgan fingerprint density at radius 2 is 1.90 bits per heavy atom. The maximum atomic E-state index is 5.96. The van der Waals surface area contributed by atoms with Crippen molar-refractivity contribution in [2.24, 2.45) is 0 Å². The van der Waals surface area contributed by atoms with E-state index in [0.29, 0.717) is 17.4 Å². The quantitative estimate of drug-likeness (QED) is 0.730. The monoisotopic (exact) mass is 295 g/mol. The summed E-state index contributed by atoms with van der Waals surface area (Å²) in [6.45, 7) is 0. The number of aromatic nitrogens is 2. The summed E-state index contributed by atoms with van der Waals surface area (Å²) >= 11 is 1.77. The number of rotatable bonds is 2. The molecule has 3 aromatic rings. The van der Waals surface area contributed by atoms with E-state index in [-0.39, 0.29) is 5.25 Å². The van der Waals surface area contributed by atoms with Crippen molar-refractivity contribution in [1.29, 1.82) is 0 Å². The molecule has 0 amide bonds. The maximum Gasteiger partial charge on any atom is 0.240 e. The number of hydrogen-bond donors (Lipinski definition) is 1. The van der Waals surface area contributed by atoms with Gasteiger partial charge in [-0.1, -0.05) is 35.5 Å². The Morgan fingerprint density at radius 1 is 1.10 bits per heavy atom. The van der Waals surface area contributed by atoms with Gasteiger partial charge in [0.05, 0.1) is 5.25 Å². The third-order valence-electron chi connectivity index (χ3n) is 3.57. The highest BCUT2D eigenvalue weighted by atomic mass is 32.2. The first-order valence-electron chi connectivity index (χ1n) is 6.74. The second-order valence-corrected chi connectivity index (χ2v) is 6.21. The molecule has 104 valence electrons. The van der Waals surface area contributed by atoms with Gasteiger partial charge in [-0.3, -0.25) is 0 Å². The van der Waals surface area contributed by atoms with Gasteiger partial charge in [0.25, 0.3) is 0 Å². The first-order chi connectivity index (χ1) is 10.3. The minimum absolute atomic E-state index is 0.189. The lowest BCUT2D eigenvalue weighted by molar-refractivity contribution is 0.377. The summed E-state index contributed by atoms with van der Waals surface area (Å²) in [5, 5.41) is 4.26. The number of benzene rings is 2. The van der Waals surface area contributed by atoms with Crippen molar-refractivity contribution in [3.05, 3.63) is 60.0 Å². The molecule has 2 N–H and O–H groups in total. The number of hydrogen-bond acceptors (Lipinski definition) is 5. The maximum absolute atomic E-state index is 5.96. The van der Waals surface area contributed by atoms with Crippen LogP contribution in [0.1, 0.15) is 16.7 Å². The van der Waals surface area contributed by atoms with Gasteiger partial charge in [-0.05, 0) is 30.2 Å². The van der Waals surface area contributed by atoms with Crippen LogP contribution < -0.4 is 5.73 Å². The summed E-state index contributed by atoms with van der Waals surface area (Å²) in [6.07, 6.45) is 0.923. The fraction of sp³-hybridized carbons (Fsp3) is 0.125. The molecule has 0 saturated carbocycles. The molecule has 4 rings (SSSR count). The topological polar surface area (TPSA) is 64.9 Å². The van der Waals surface area contributed by atoms with E-state index < -0.39 is 0 Å². The van der Waals surface area contributed by atoms with E-state index in [9.17, 15) is 0 Å². The zero-order valence-electron chi connectivity index (χ0n) is 11.2. The second kappa shape index (κ2) is 4.93. The Balaban J connectivity index is 1.63. The molecule has 21 heavy (non-hydrogen) atoms. The van der Waals surface area contributed by atoms with Gasteiger partial charge in [-0.15, -0.1) is 11.8 Å². The molecular weight excluding hydrogens is 282 g/mol. The molecule has 1 aliphatic rings. The average molecular weight is 295 g/mol. The van der Waals surface area contributed by atoms with Crippen LogP contribution in [0.15, 0.2) is 57.9 Å². The highest BCUT2D eigenvalue weighted by molar-refractivity contribution is 7.99. The van der Waals surface area contributed by atoms with E-state index in [1.165, 1.54) is 10.5 Å². The number of thioether (sulfide) groups is 1. The predicted octanol–water partition coefficient (Wildman–Crippen LogP) is 3.71. The normalized spacial score (nSPS) is 16.9.